The number of hydrogen-bond acceptors (Lipinski definition) is 5. The molecule has 25 heavy (non-hydrogen) atoms. The minimum Gasteiger partial charge on any atom is -0.494 e. The van der Waals surface area contributed by atoms with Crippen molar-refractivity contribution in [2.24, 2.45) is 0 Å². The molecule has 1 aromatic heterocycles. The normalized spacial score (nSPS) is 10.7. The number of benzene rings is 2. The number of rotatable bonds is 5. The lowest BCUT2D eigenvalue weighted by atomic mass is 9.96. The Morgan fingerprint density at radius 1 is 1.20 bits per heavy atom. The van der Waals surface area contributed by atoms with Crippen LogP contribution in [-0.2, 0) is 0 Å². The second-order valence-corrected chi connectivity index (χ2v) is 6.37. The summed E-state index contributed by atoms with van der Waals surface area (Å²) in [5.74, 6) is -0.910. The van der Waals surface area contributed by atoms with Gasteiger partial charge in [-0.05, 0) is 11.6 Å². The van der Waals surface area contributed by atoms with E-state index in [1.54, 1.807) is 12.1 Å². The van der Waals surface area contributed by atoms with Crippen molar-refractivity contribution in [3.8, 4) is 27.3 Å². The maximum atomic E-state index is 14.8. The van der Waals surface area contributed by atoms with Gasteiger partial charge in [-0.15, -0.1) is 11.3 Å². The van der Waals surface area contributed by atoms with E-state index in [0.29, 0.717) is 16.0 Å². The molecule has 0 radical (unpaired) electrons. The highest BCUT2D eigenvalue weighted by Crippen LogP contribution is 2.46. The van der Waals surface area contributed by atoms with Gasteiger partial charge in [-0.2, -0.15) is 0 Å². The number of methoxy groups -OCH3 is 1. The van der Waals surface area contributed by atoms with E-state index in [9.17, 15) is 14.3 Å². The standard InChI is InChI=1S/C19H16FNO3S/c1-24-14-9-5-8-12(17(14)20)18-15(11-6-3-2-4-7-11)16(13(23)10-22)19(21)25-18/h2-9,22H,10,21H2,1H3. The molecule has 3 rings (SSSR count). The zero-order valence-electron chi connectivity index (χ0n) is 13.5. The molecule has 128 valence electrons. The maximum absolute atomic E-state index is 14.8. The summed E-state index contributed by atoms with van der Waals surface area (Å²) in [4.78, 5) is 12.8. The Labute approximate surface area is 148 Å². The van der Waals surface area contributed by atoms with Gasteiger partial charge >= 0.3 is 0 Å². The van der Waals surface area contributed by atoms with Crippen LogP contribution >= 0.6 is 11.3 Å². The first kappa shape index (κ1) is 17.1. The van der Waals surface area contributed by atoms with Crippen molar-refractivity contribution in [2.75, 3.05) is 19.5 Å². The lowest BCUT2D eigenvalue weighted by molar-refractivity contribution is 0.0905. The summed E-state index contributed by atoms with van der Waals surface area (Å²) in [6, 6.07) is 13.9. The highest BCUT2D eigenvalue weighted by molar-refractivity contribution is 7.20. The topological polar surface area (TPSA) is 72.5 Å². The van der Waals surface area contributed by atoms with Crippen molar-refractivity contribution in [2.45, 2.75) is 0 Å². The molecule has 0 fully saturated rings. The van der Waals surface area contributed by atoms with Gasteiger partial charge in [-0.1, -0.05) is 42.5 Å². The molecule has 0 aliphatic rings. The lowest BCUT2D eigenvalue weighted by Crippen LogP contribution is -2.07. The molecule has 3 N–H and O–H groups in total. The Kier molecular flexibility index (Phi) is 4.83. The molecule has 3 aromatic rings. The molecule has 0 aliphatic carbocycles. The SMILES string of the molecule is COc1cccc(-c2sc(N)c(C(=O)CO)c2-c2ccccc2)c1F. The number of carbonyl (C=O) groups is 1. The van der Waals surface area contributed by atoms with Crippen LogP contribution in [0.5, 0.6) is 5.75 Å². The van der Waals surface area contributed by atoms with Crippen molar-refractivity contribution in [3.63, 3.8) is 0 Å². The fourth-order valence-electron chi connectivity index (χ4n) is 2.72. The molecular formula is C19H16FNO3S. The summed E-state index contributed by atoms with van der Waals surface area (Å²) in [7, 11) is 1.39. The zero-order valence-corrected chi connectivity index (χ0v) is 14.3. The van der Waals surface area contributed by atoms with Crippen molar-refractivity contribution >= 4 is 22.1 Å². The van der Waals surface area contributed by atoms with Crippen molar-refractivity contribution in [1.82, 2.24) is 0 Å². The van der Waals surface area contributed by atoms with Gasteiger partial charge in [0.2, 0.25) is 0 Å². The largest absolute Gasteiger partial charge is 0.494 e. The van der Waals surface area contributed by atoms with E-state index in [0.717, 1.165) is 16.9 Å². The van der Waals surface area contributed by atoms with E-state index in [2.05, 4.69) is 0 Å². The Bertz CT molecular complexity index is 922. The number of anilines is 1. The lowest BCUT2D eigenvalue weighted by Gasteiger charge is -2.10. The van der Waals surface area contributed by atoms with Gasteiger partial charge in [-0.25, -0.2) is 4.39 Å². The molecule has 0 bridgehead atoms. The molecule has 4 nitrogen and oxygen atoms in total. The molecule has 0 atom stereocenters. The summed E-state index contributed by atoms with van der Waals surface area (Å²) in [5, 5.41) is 9.55. The first-order valence-electron chi connectivity index (χ1n) is 7.53. The minimum atomic E-state index is -0.666. The Hall–Kier alpha value is -2.70. The molecule has 0 unspecified atom stereocenters. The number of nitrogens with two attached hydrogens (primary N) is 1. The van der Waals surface area contributed by atoms with Crippen LogP contribution in [0.15, 0.2) is 48.5 Å². The van der Waals surface area contributed by atoms with Crippen LogP contribution in [0.25, 0.3) is 21.6 Å². The predicted octanol–water partition coefficient (Wildman–Crippen LogP) is 3.99. The van der Waals surface area contributed by atoms with E-state index < -0.39 is 18.2 Å². The number of thiophene rings is 1. The van der Waals surface area contributed by atoms with E-state index in [1.807, 2.05) is 30.3 Å². The van der Waals surface area contributed by atoms with E-state index >= 15 is 0 Å². The third kappa shape index (κ3) is 3.01. The minimum absolute atomic E-state index is 0.110. The van der Waals surface area contributed by atoms with Gasteiger partial charge in [0.25, 0.3) is 0 Å². The van der Waals surface area contributed by atoms with Gasteiger partial charge in [-0.3, -0.25) is 4.79 Å². The van der Waals surface area contributed by atoms with Crippen molar-refractivity contribution in [1.29, 1.82) is 0 Å². The van der Waals surface area contributed by atoms with Crippen molar-refractivity contribution in [3.05, 3.63) is 59.9 Å². The molecule has 1 heterocycles. The van der Waals surface area contributed by atoms with Gasteiger partial charge in [0, 0.05) is 16.0 Å². The number of Topliss-reactive ketones (excluding diaryl/α,β-unsaturated/α-hetero) is 1. The molecule has 2 aromatic carbocycles. The van der Waals surface area contributed by atoms with Gasteiger partial charge in [0.05, 0.1) is 17.7 Å². The number of aliphatic hydroxyl groups excluding tert-OH is 1. The summed E-state index contributed by atoms with van der Waals surface area (Å²) >= 11 is 1.12. The van der Waals surface area contributed by atoms with E-state index in [4.69, 9.17) is 10.5 Å². The van der Waals surface area contributed by atoms with Crippen LogP contribution in [0.4, 0.5) is 9.39 Å². The quantitative estimate of drug-likeness (QED) is 0.677. The van der Waals surface area contributed by atoms with Crippen LogP contribution in [0.1, 0.15) is 10.4 Å². The molecule has 6 heteroatoms. The fourth-order valence-corrected chi connectivity index (χ4v) is 3.85. The molecular weight excluding hydrogens is 341 g/mol. The predicted molar refractivity (Wildman–Crippen MR) is 97.5 cm³/mol. The number of carbonyl (C=O) groups excluding carboxylic acids is 1. The molecule has 0 saturated heterocycles. The first-order valence-corrected chi connectivity index (χ1v) is 8.34. The Morgan fingerprint density at radius 3 is 2.56 bits per heavy atom. The van der Waals surface area contributed by atoms with Crippen LogP contribution < -0.4 is 10.5 Å². The molecule has 0 amide bonds. The summed E-state index contributed by atoms with van der Waals surface area (Å²) in [6.07, 6.45) is 0. The number of ether oxygens (including phenoxy) is 1. The van der Waals surface area contributed by atoms with Gasteiger partial charge in [0.15, 0.2) is 17.3 Å². The average Bonchev–Trinajstić information content (AvgIpc) is 2.99. The molecule has 0 spiro atoms. The van der Waals surface area contributed by atoms with E-state index in [1.165, 1.54) is 13.2 Å². The average molecular weight is 357 g/mol. The highest BCUT2D eigenvalue weighted by atomic mass is 32.1. The monoisotopic (exact) mass is 357 g/mol. The molecule has 0 aliphatic heterocycles. The molecule has 0 saturated carbocycles. The fraction of sp³-hybridized carbons (Fsp3) is 0.105. The number of hydrogen-bond donors (Lipinski definition) is 2. The maximum Gasteiger partial charge on any atom is 0.191 e. The van der Waals surface area contributed by atoms with E-state index in [-0.39, 0.29) is 16.3 Å². The van der Waals surface area contributed by atoms with Crippen LogP contribution in [0.2, 0.25) is 0 Å². The Balaban J connectivity index is 2.34. The Morgan fingerprint density at radius 2 is 1.92 bits per heavy atom. The number of nitrogen functional groups attached to an aromatic ring is 1. The first-order chi connectivity index (χ1) is 12.1. The smallest absolute Gasteiger partial charge is 0.191 e. The summed E-state index contributed by atoms with van der Waals surface area (Å²) in [5.41, 5.74) is 7.81. The number of halogens is 1. The third-order valence-corrected chi connectivity index (χ3v) is 4.90. The van der Waals surface area contributed by atoms with Crippen molar-refractivity contribution < 1.29 is 19.0 Å². The number of ketones is 1. The second kappa shape index (κ2) is 7.04. The van der Waals surface area contributed by atoms with Crippen LogP contribution in [0, 0.1) is 5.82 Å². The summed E-state index contributed by atoms with van der Waals surface area (Å²) < 4.78 is 19.8. The summed E-state index contributed by atoms with van der Waals surface area (Å²) in [6.45, 7) is -0.666. The highest BCUT2D eigenvalue weighted by Gasteiger charge is 2.25. The van der Waals surface area contributed by atoms with Gasteiger partial charge in [0.1, 0.15) is 6.61 Å². The van der Waals surface area contributed by atoms with Crippen LogP contribution in [0.3, 0.4) is 0 Å². The zero-order chi connectivity index (χ0) is 18.0. The van der Waals surface area contributed by atoms with Crippen LogP contribution in [-0.4, -0.2) is 24.6 Å². The third-order valence-electron chi connectivity index (χ3n) is 3.85. The van der Waals surface area contributed by atoms with Gasteiger partial charge < -0.3 is 15.6 Å². The second-order valence-electron chi connectivity index (χ2n) is 5.31. The number of aliphatic hydroxyl groups is 1.